The first-order valence-corrected chi connectivity index (χ1v) is 6.50. The number of halogens is 2. The molecule has 1 unspecified atom stereocenters. The number of nitrogens with two attached hydrogens (primary N) is 1. The van der Waals surface area contributed by atoms with Crippen molar-refractivity contribution in [3.63, 3.8) is 0 Å². The van der Waals surface area contributed by atoms with Gasteiger partial charge in [-0.1, -0.05) is 22.9 Å². The maximum absolute atomic E-state index is 13.4. The minimum Gasteiger partial charge on any atom is -0.318 e. The minimum atomic E-state index is -0.481. The van der Waals surface area contributed by atoms with E-state index in [1.807, 2.05) is 0 Å². The molecule has 96 valence electrons. The van der Waals surface area contributed by atoms with E-state index in [-0.39, 0.29) is 5.82 Å². The lowest BCUT2D eigenvalue weighted by atomic mass is 10.1. The molecule has 1 atom stereocenters. The molecule has 2 N–H and O–H groups in total. The van der Waals surface area contributed by atoms with Crippen molar-refractivity contribution < 1.29 is 4.39 Å². The predicted octanol–water partition coefficient (Wildman–Crippen LogP) is 2.64. The maximum atomic E-state index is 13.4. The van der Waals surface area contributed by atoms with Crippen molar-refractivity contribution in [2.24, 2.45) is 5.73 Å². The molecule has 4 nitrogen and oxygen atoms in total. The van der Waals surface area contributed by atoms with Crippen LogP contribution in [0, 0.1) is 5.82 Å². The van der Waals surface area contributed by atoms with Gasteiger partial charge in [0.15, 0.2) is 0 Å². The molecule has 0 amide bonds. The maximum Gasteiger partial charge on any atom is 0.148 e. The number of aromatic nitrogens is 3. The van der Waals surface area contributed by atoms with Gasteiger partial charge in [0, 0.05) is 11.0 Å². The number of hydrogen-bond donors (Lipinski definition) is 1. The van der Waals surface area contributed by atoms with E-state index in [1.165, 1.54) is 18.5 Å². The third-order valence-electron chi connectivity index (χ3n) is 2.60. The topological polar surface area (TPSA) is 56.7 Å². The van der Waals surface area contributed by atoms with Crippen LogP contribution in [-0.4, -0.2) is 14.8 Å². The van der Waals surface area contributed by atoms with Crippen molar-refractivity contribution in [3.8, 4) is 0 Å². The lowest BCUT2D eigenvalue weighted by molar-refractivity contribution is 0.551. The van der Waals surface area contributed by atoms with Gasteiger partial charge in [0.1, 0.15) is 18.0 Å². The van der Waals surface area contributed by atoms with Crippen molar-refractivity contribution in [2.45, 2.75) is 25.9 Å². The average Bonchev–Trinajstić information content (AvgIpc) is 2.75. The summed E-state index contributed by atoms with van der Waals surface area (Å²) in [6.07, 6.45) is 2.41. The molecule has 1 aromatic heterocycles. The molecular formula is C12H14BrFN4. The average molecular weight is 313 g/mol. The molecule has 0 saturated carbocycles. The monoisotopic (exact) mass is 312 g/mol. The lowest BCUT2D eigenvalue weighted by Crippen LogP contribution is -2.19. The summed E-state index contributed by atoms with van der Waals surface area (Å²) in [7, 11) is 0. The number of benzene rings is 1. The molecule has 0 spiro atoms. The fourth-order valence-electron chi connectivity index (χ4n) is 1.80. The van der Waals surface area contributed by atoms with E-state index in [0.717, 1.165) is 13.0 Å². The summed E-state index contributed by atoms with van der Waals surface area (Å²) in [6.45, 7) is 2.80. The van der Waals surface area contributed by atoms with Gasteiger partial charge in [-0.25, -0.2) is 14.1 Å². The van der Waals surface area contributed by atoms with Gasteiger partial charge < -0.3 is 5.73 Å². The molecule has 2 rings (SSSR count). The largest absolute Gasteiger partial charge is 0.318 e. The van der Waals surface area contributed by atoms with Crippen LogP contribution in [0.3, 0.4) is 0 Å². The summed E-state index contributed by atoms with van der Waals surface area (Å²) in [5.74, 6) is 0.325. The Bertz CT molecular complexity index is 520. The quantitative estimate of drug-likeness (QED) is 0.944. The molecule has 2 aromatic rings. The molecule has 0 aliphatic rings. The summed E-state index contributed by atoms with van der Waals surface area (Å²) in [5.41, 5.74) is 6.79. The molecule has 0 bridgehead atoms. The van der Waals surface area contributed by atoms with Crippen molar-refractivity contribution in [2.75, 3.05) is 0 Å². The Morgan fingerprint density at radius 1 is 1.44 bits per heavy atom. The van der Waals surface area contributed by atoms with Crippen molar-refractivity contribution in [1.29, 1.82) is 0 Å². The van der Waals surface area contributed by atoms with E-state index in [1.54, 1.807) is 10.7 Å². The highest BCUT2D eigenvalue weighted by atomic mass is 79.9. The van der Waals surface area contributed by atoms with Crippen LogP contribution in [0.1, 0.15) is 30.8 Å². The van der Waals surface area contributed by atoms with Crippen LogP contribution in [0.2, 0.25) is 0 Å². The van der Waals surface area contributed by atoms with Crippen LogP contribution in [0.5, 0.6) is 0 Å². The number of hydrogen-bond acceptors (Lipinski definition) is 3. The summed E-state index contributed by atoms with van der Waals surface area (Å²) in [4.78, 5) is 4.16. The molecule has 1 heterocycles. The number of rotatable bonds is 4. The standard InChI is InChI=1S/C12H14BrFN4/c1-2-3-18-12(16-7-17-18)11(15)8-4-9(13)6-10(14)5-8/h4-7,11H,2-3,15H2,1H3. The normalized spacial score (nSPS) is 12.7. The second-order valence-electron chi connectivity index (χ2n) is 4.02. The van der Waals surface area contributed by atoms with Gasteiger partial charge >= 0.3 is 0 Å². The molecule has 0 radical (unpaired) electrons. The highest BCUT2D eigenvalue weighted by molar-refractivity contribution is 9.10. The van der Waals surface area contributed by atoms with Crippen LogP contribution in [0.25, 0.3) is 0 Å². The Hall–Kier alpha value is -1.27. The van der Waals surface area contributed by atoms with Crippen molar-refractivity contribution >= 4 is 15.9 Å². The number of nitrogens with zero attached hydrogens (tertiary/aromatic N) is 3. The lowest BCUT2D eigenvalue weighted by Gasteiger charge is -2.13. The van der Waals surface area contributed by atoms with Crippen LogP contribution in [-0.2, 0) is 6.54 Å². The molecule has 18 heavy (non-hydrogen) atoms. The Morgan fingerprint density at radius 3 is 2.89 bits per heavy atom. The summed E-state index contributed by atoms with van der Waals surface area (Å²) in [6, 6.07) is 4.12. The van der Waals surface area contributed by atoms with Gasteiger partial charge in [-0.2, -0.15) is 5.10 Å². The highest BCUT2D eigenvalue weighted by Crippen LogP contribution is 2.22. The van der Waals surface area contributed by atoms with Gasteiger partial charge in [-0.15, -0.1) is 0 Å². The fourth-order valence-corrected chi connectivity index (χ4v) is 2.28. The van der Waals surface area contributed by atoms with Crippen molar-refractivity contribution in [3.05, 3.63) is 46.2 Å². The zero-order valence-electron chi connectivity index (χ0n) is 9.98. The van der Waals surface area contributed by atoms with E-state index >= 15 is 0 Å². The predicted molar refractivity (Wildman–Crippen MR) is 70.4 cm³/mol. The van der Waals surface area contributed by atoms with E-state index in [0.29, 0.717) is 15.9 Å². The number of aryl methyl sites for hydroxylation is 1. The van der Waals surface area contributed by atoms with Gasteiger partial charge in [-0.3, -0.25) is 0 Å². The fraction of sp³-hybridized carbons (Fsp3) is 0.333. The first kappa shape index (κ1) is 13.2. The van der Waals surface area contributed by atoms with Gasteiger partial charge in [0.05, 0.1) is 6.04 Å². The summed E-state index contributed by atoms with van der Waals surface area (Å²) in [5, 5.41) is 4.12. The molecule has 6 heteroatoms. The minimum absolute atomic E-state index is 0.323. The highest BCUT2D eigenvalue weighted by Gasteiger charge is 2.16. The van der Waals surface area contributed by atoms with Crippen LogP contribution >= 0.6 is 15.9 Å². The van der Waals surface area contributed by atoms with Gasteiger partial charge in [0.25, 0.3) is 0 Å². The smallest absolute Gasteiger partial charge is 0.148 e. The zero-order valence-corrected chi connectivity index (χ0v) is 11.6. The Balaban J connectivity index is 2.34. The second-order valence-corrected chi connectivity index (χ2v) is 4.94. The van der Waals surface area contributed by atoms with E-state index in [2.05, 4.69) is 32.9 Å². The van der Waals surface area contributed by atoms with E-state index < -0.39 is 6.04 Å². The molecule has 1 aromatic carbocycles. The third kappa shape index (κ3) is 2.76. The van der Waals surface area contributed by atoms with Crippen LogP contribution in [0.15, 0.2) is 29.0 Å². The first-order chi connectivity index (χ1) is 8.61. The van der Waals surface area contributed by atoms with E-state index in [9.17, 15) is 4.39 Å². The Labute approximate surface area is 113 Å². The Morgan fingerprint density at radius 2 is 2.22 bits per heavy atom. The SMILES string of the molecule is CCCn1ncnc1C(N)c1cc(F)cc(Br)c1. The molecule has 0 saturated heterocycles. The third-order valence-corrected chi connectivity index (χ3v) is 3.06. The second kappa shape index (κ2) is 5.58. The molecular weight excluding hydrogens is 299 g/mol. The molecule has 0 fully saturated rings. The molecule has 0 aliphatic heterocycles. The van der Waals surface area contributed by atoms with Crippen molar-refractivity contribution in [1.82, 2.24) is 14.8 Å². The van der Waals surface area contributed by atoms with Gasteiger partial charge in [-0.05, 0) is 30.2 Å². The van der Waals surface area contributed by atoms with Crippen LogP contribution < -0.4 is 5.73 Å². The first-order valence-electron chi connectivity index (χ1n) is 5.71. The van der Waals surface area contributed by atoms with Gasteiger partial charge in [0.2, 0.25) is 0 Å². The Kier molecular flexibility index (Phi) is 4.08. The summed E-state index contributed by atoms with van der Waals surface area (Å²) >= 11 is 3.26. The van der Waals surface area contributed by atoms with E-state index in [4.69, 9.17) is 5.73 Å². The summed E-state index contributed by atoms with van der Waals surface area (Å²) < 4.78 is 15.8. The van der Waals surface area contributed by atoms with Crippen LogP contribution in [0.4, 0.5) is 4.39 Å². The molecule has 0 aliphatic carbocycles. The zero-order chi connectivity index (χ0) is 13.1.